The molecule has 1 aliphatic heterocycles. The summed E-state index contributed by atoms with van der Waals surface area (Å²) in [5.74, 6) is 5.99. The Kier molecular flexibility index (Phi) is 10.6. The molecule has 1 fully saturated rings. The molecule has 0 spiro atoms. The van der Waals surface area contributed by atoms with Crippen molar-refractivity contribution in [2.24, 2.45) is 0 Å². The highest BCUT2D eigenvalue weighted by Crippen LogP contribution is 2.22. The lowest BCUT2D eigenvalue weighted by molar-refractivity contribution is -0.153. The molecule has 0 aliphatic carbocycles. The van der Waals surface area contributed by atoms with E-state index in [4.69, 9.17) is 4.74 Å². The molecule has 2 aromatic carbocycles. The van der Waals surface area contributed by atoms with Crippen LogP contribution in [-0.4, -0.2) is 67.4 Å². The van der Waals surface area contributed by atoms with E-state index in [0.29, 0.717) is 44.3 Å². The first-order valence-corrected chi connectivity index (χ1v) is 13.9. The molecule has 0 aromatic heterocycles. The van der Waals surface area contributed by atoms with Gasteiger partial charge in [0.05, 0.1) is 5.75 Å². The van der Waals surface area contributed by atoms with Gasteiger partial charge in [0.25, 0.3) is 0 Å². The Labute approximate surface area is 214 Å². The second kappa shape index (κ2) is 13.9. The van der Waals surface area contributed by atoms with E-state index >= 15 is 0 Å². The van der Waals surface area contributed by atoms with Gasteiger partial charge in [-0.1, -0.05) is 56.0 Å². The summed E-state index contributed by atoms with van der Waals surface area (Å²) in [7, 11) is -3.71. The average Bonchev–Trinajstić information content (AvgIpc) is 2.91. The molecule has 0 saturated carbocycles. The van der Waals surface area contributed by atoms with E-state index in [-0.39, 0.29) is 6.41 Å². The maximum atomic E-state index is 13.0. The number of carbonyl (C=O) groups is 1. The number of rotatable bonds is 12. The number of hydroxylamine groups is 2. The Bertz CT molecular complexity index is 1110. The molecule has 0 radical (unpaired) electrons. The number of sulfonamides is 1. The lowest BCUT2D eigenvalue weighted by atomic mass is 10.2. The van der Waals surface area contributed by atoms with Crippen LogP contribution in [0.2, 0.25) is 0 Å². The van der Waals surface area contributed by atoms with Crippen molar-refractivity contribution >= 4 is 22.1 Å². The van der Waals surface area contributed by atoms with Gasteiger partial charge in [0, 0.05) is 38.3 Å². The zero-order chi connectivity index (χ0) is 25.8. The zero-order valence-corrected chi connectivity index (χ0v) is 21.6. The Morgan fingerprint density at radius 3 is 2.39 bits per heavy atom. The van der Waals surface area contributed by atoms with Crippen LogP contribution in [0.25, 0.3) is 0 Å². The first-order chi connectivity index (χ1) is 17.4. The van der Waals surface area contributed by atoms with Gasteiger partial charge < -0.3 is 9.64 Å². The standard InChI is InChI=1S/C27H35N3O5S/c1-2-3-4-5-9-12-26(30(32)23-31)22-36(33,34)29-19-17-28(18-20-29)25-13-15-27(16-14-25)35-21-24-10-7-6-8-11-24/h6-8,10-11,13-16,23,26,32H,2-5,17-22H2,1H3. The van der Waals surface area contributed by atoms with E-state index < -0.39 is 21.8 Å². The Morgan fingerprint density at radius 2 is 1.75 bits per heavy atom. The van der Waals surface area contributed by atoms with E-state index in [1.54, 1.807) is 0 Å². The van der Waals surface area contributed by atoms with Crippen LogP contribution < -0.4 is 9.64 Å². The molecule has 1 heterocycles. The summed E-state index contributed by atoms with van der Waals surface area (Å²) >= 11 is 0. The summed E-state index contributed by atoms with van der Waals surface area (Å²) in [4.78, 5) is 13.2. The van der Waals surface area contributed by atoms with Gasteiger partial charge in [0.15, 0.2) is 0 Å². The van der Waals surface area contributed by atoms with E-state index in [1.165, 1.54) is 4.31 Å². The quantitative estimate of drug-likeness (QED) is 0.154. The SMILES string of the molecule is CCCCCC#CC(CS(=O)(=O)N1CCN(c2ccc(OCc3ccccc3)cc2)CC1)N(O)C=O. The van der Waals surface area contributed by atoms with E-state index in [0.717, 1.165) is 36.3 Å². The number of nitrogens with zero attached hydrogens (tertiary/aromatic N) is 3. The highest BCUT2D eigenvalue weighted by Gasteiger charge is 2.31. The van der Waals surface area contributed by atoms with Crippen LogP contribution in [0.5, 0.6) is 5.75 Å². The van der Waals surface area contributed by atoms with Crippen LogP contribution >= 0.6 is 0 Å². The van der Waals surface area contributed by atoms with Gasteiger partial charge in [-0.3, -0.25) is 10.0 Å². The Balaban J connectivity index is 1.52. The second-order valence-electron chi connectivity index (χ2n) is 8.71. The fourth-order valence-corrected chi connectivity index (χ4v) is 5.50. The molecule has 36 heavy (non-hydrogen) atoms. The molecule has 1 amide bonds. The number of piperazine rings is 1. The van der Waals surface area contributed by atoms with Crippen LogP contribution in [0.15, 0.2) is 54.6 Å². The highest BCUT2D eigenvalue weighted by atomic mass is 32.2. The number of hydrogen-bond acceptors (Lipinski definition) is 6. The average molecular weight is 514 g/mol. The minimum absolute atomic E-state index is 0.200. The molecule has 1 aliphatic rings. The number of amides is 1. The second-order valence-corrected chi connectivity index (χ2v) is 10.7. The fourth-order valence-electron chi connectivity index (χ4n) is 3.93. The fraction of sp³-hybridized carbons (Fsp3) is 0.444. The molecule has 194 valence electrons. The smallest absolute Gasteiger partial charge is 0.234 e. The first-order valence-electron chi connectivity index (χ1n) is 12.3. The van der Waals surface area contributed by atoms with Crippen LogP contribution in [0.1, 0.15) is 38.2 Å². The van der Waals surface area contributed by atoms with Crippen molar-refractivity contribution in [2.45, 2.75) is 45.3 Å². The van der Waals surface area contributed by atoms with Crippen molar-refractivity contribution in [3.8, 4) is 17.6 Å². The molecule has 0 bridgehead atoms. The molecule has 8 nitrogen and oxygen atoms in total. The molecule has 1 unspecified atom stereocenters. The Morgan fingerprint density at radius 1 is 1.06 bits per heavy atom. The lowest BCUT2D eigenvalue weighted by Gasteiger charge is -2.36. The van der Waals surface area contributed by atoms with E-state index in [9.17, 15) is 18.4 Å². The highest BCUT2D eigenvalue weighted by molar-refractivity contribution is 7.89. The van der Waals surface area contributed by atoms with Crippen molar-refractivity contribution in [2.75, 3.05) is 36.8 Å². The normalized spacial score (nSPS) is 15.0. The summed E-state index contributed by atoms with van der Waals surface area (Å²) < 4.78 is 33.2. The monoisotopic (exact) mass is 513 g/mol. The number of carbonyl (C=O) groups excluding carboxylic acids is 1. The molecular weight excluding hydrogens is 478 g/mol. The van der Waals surface area contributed by atoms with Crippen molar-refractivity contribution < 1.29 is 23.2 Å². The third-order valence-electron chi connectivity index (χ3n) is 6.05. The summed E-state index contributed by atoms with van der Waals surface area (Å²) in [6.07, 6.45) is 3.79. The van der Waals surface area contributed by atoms with Crippen LogP contribution in [0, 0.1) is 11.8 Å². The van der Waals surface area contributed by atoms with Crippen molar-refractivity contribution in [1.29, 1.82) is 0 Å². The molecule has 3 rings (SSSR count). The van der Waals surface area contributed by atoms with Crippen LogP contribution in [0.4, 0.5) is 5.69 Å². The van der Waals surface area contributed by atoms with E-state index in [2.05, 4.69) is 23.7 Å². The summed E-state index contributed by atoms with van der Waals surface area (Å²) in [5.41, 5.74) is 2.10. The summed E-state index contributed by atoms with van der Waals surface area (Å²) in [5, 5.41) is 10.2. The van der Waals surface area contributed by atoms with Gasteiger partial charge >= 0.3 is 0 Å². The molecule has 2 aromatic rings. The molecular formula is C27H35N3O5S. The third-order valence-corrected chi connectivity index (χ3v) is 7.94. The number of anilines is 1. The van der Waals surface area contributed by atoms with Gasteiger partial charge in [-0.25, -0.2) is 13.5 Å². The maximum Gasteiger partial charge on any atom is 0.234 e. The largest absolute Gasteiger partial charge is 0.489 e. The van der Waals surface area contributed by atoms with Crippen molar-refractivity contribution in [1.82, 2.24) is 9.37 Å². The number of hydrogen-bond donors (Lipinski definition) is 1. The predicted molar refractivity (Wildman–Crippen MR) is 140 cm³/mol. The van der Waals surface area contributed by atoms with Gasteiger partial charge in [0.2, 0.25) is 16.4 Å². The number of unbranched alkanes of at least 4 members (excludes halogenated alkanes) is 3. The molecule has 9 heteroatoms. The first kappa shape index (κ1) is 27.5. The number of benzene rings is 2. The van der Waals surface area contributed by atoms with Gasteiger partial charge in [-0.15, -0.1) is 5.92 Å². The van der Waals surface area contributed by atoms with Crippen LogP contribution in [-0.2, 0) is 21.4 Å². The minimum atomic E-state index is -3.71. The zero-order valence-electron chi connectivity index (χ0n) is 20.8. The van der Waals surface area contributed by atoms with Crippen molar-refractivity contribution in [3.63, 3.8) is 0 Å². The van der Waals surface area contributed by atoms with Crippen LogP contribution in [0.3, 0.4) is 0 Å². The summed E-state index contributed by atoms with van der Waals surface area (Å²) in [6.45, 7) is 4.29. The summed E-state index contributed by atoms with van der Waals surface area (Å²) in [6, 6.07) is 16.7. The van der Waals surface area contributed by atoms with Gasteiger partial charge in [-0.2, -0.15) is 4.31 Å². The molecule has 1 saturated heterocycles. The van der Waals surface area contributed by atoms with Gasteiger partial charge in [-0.05, 0) is 36.2 Å². The molecule has 1 atom stereocenters. The topological polar surface area (TPSA) is 90.4 Å². The van der Waals surface area contributed by atoms with Gasteiger partial charge in [0.1, 0.15) is 18.4 Å². The lowest BCUT2D eigenvalue weighted by Crippen LogP contribution is -2.51. The molecule has 1 N–H and O–H groups in total. The third kappa shape index (κ3) is 8.26. The minimum Gasteiger partial charge on any atom is -0.489 e. The number of ether oxygens (including phenoxy) is 1. The van der Waals surface area contributed by atoms with E-state index in [1.807, 2.05) is 54.6 Å². The van der Waals surface area contributed by atoms with Crippen molar-refractivity contribution in [3.05, 3.63) is 60.2 Å². The maximum absolute atomic E-state index is 13.0. The Hall–Kier alpha value is -3.06. The predicted octanol–water partition coefficient (Wildman–Crippen LogP) is 3.52.